The molecule has 168 valence electrons. The summed E-state index contributed by atoms with van der Waals surface area (Å²) in [5.41, 5.74) is 10.5. The Morgan fingerprint density at radius 1 is 1.28 bits per heavy atom. The van der Waals surface area contributed by atoms with E-state index in [9.17, 15) is 24.7 Å². The molecule has 6 N–H and O–H groups in total. The number of hydrogen-bond donors (Lipinski definition) is 4. The first kappa shape index (κ1) is 22.4. The monoisotopic (exact) mass is 515 g/mol. The summed E-state index contributed by atoms with van der Waals surface area (Å²) in [6.07, 6.45) is 0.545. The van der Waals surface area contributed by atoms with E-state index < -0.39 is 35.3 Å². The molecule has 2 aromatic heterocycles. The van der Waals surface area contributed by atoms with Crippen LogP contribution in [0.5, 0.6) is 0 Å². The first-order valence-electron chi connectivity index (χ1n) is 8.95. The summed E-state index contributed by atoms with van der Waals surface area (Å²) in [4.78, 5) is 43.0. The van der Waals surface area contributed by atoms with E-state index >= 15 is 0 Å². The van der Waals surface area contributed by atoms with Crippen molar-refractivity contribution in [3.05, 3.63) is 20.6 Å². The summed E-state index contributed by atoms with van der Waals surface area (Å²) < 4.78 is 0.551. The number of amides is 1. The molecule has 1 amide bonds. The van der Waals surface area contributed by atoms with Gasteiger partial charge in [-0.3, -0.25) is 9.59 Å². The summed E-state index contributed by atoms with van der Waals surface area (Å²) in [7, 11) is 0. The number of thiazole rings is 1. The van der Waals surface area contributed by atoms with Gasteiger partial charge in [-0.1, -0.05) is 51.2 Å². The highest BCUT2D eigenvalue weighted by molar-refractivity contribution is 8.04. The van der Waals surface area contributed by atoms with Gasteiger partial charge in [-0.2, -0.15) is 0 Å². The number of carbonyl (C=O) groups excluding carboxylic acids is 2. The number of hydrogen-bond acceptors (Lipinski definition) is 13. The van der Waals surface area contributed by atoms with Gasteiger partial charge < -0.3 is 26.7 Å². The number of aromatic nitrogens is 3. The fourth-order valence-electron chi connectivity index (χ4n) is 3.65. The minimum Gasteiger partial charge on any atom is -0.477 e. The van der Waals surface area contributed by atoms with E-state index in [4.69, 9.17) is 23.1 Å². The number of oxime groups is 1. The van der Waals surface area contributed by atoms with E-state index in [-0.39, 0.29) is 32.4 Å². The maximum atomic E-state index is 12.8. The number of fused-ring (bicyclic) bond motifs is 1. The zero-order valence-corrected chi connectivity index (χ0v) is 19.1. The second kappa shape index (κ2) is 8.65. The molecule has 0 saturated carbocycles. The number of anilines is 2. The molecule has 0 bridgehead atoms. The lowest BCUT2D eigenvalue weighted by molar-refractivity contribution is -0.159. The normalized spacial score (nSPS) is 20.8. The van der Waals surface area contributed by atoms with Gasteiger partial charge in [0.15, 0.2) is 21.0 Å². The number of carbonyl (C=O) groups is 3. The average molecular weight is 516 g/mol. The smallest absolute Gasteiger partial charge is 0.353 e. The Morgan fingerprint density at radius 3 is 2.59 bits per heavy atom. The number of thioether (sulfide) groups is 1. The molecule has 4 rings (SSSR count). The van der Waals surface area contributed by atoms with E-state index in [1.54, 1.807) is 0 Å². The van der Waals surface area contributed by atoms with E-state index in [1.165, 1.54) is 4.90 Å². The SMILES string of the molecule is Nc1nnc(SC2=C(C(=O)O)N3C(=O)[C@@H](CC(=O)/C(=N/O)c4nc(N)sc4Cl)[C@H]3CC2)s1. The zero-order valence-electron chi connectivity index (χ0n) is 15.9. The highest BCUT2D eigenvalue weighted by Crippen LogP contribution is 2.46. The molecule has 4 heterocycles. The van der Waals surface area contributed by atoms with Crippen LogP contribution in [-0.2, 0) is 14.4 Å². The highest BCUT2D eigenvalue weighted by atomic mass is 35.5. The van der Waals surface area contributed by atoms with Crippen LogP contribution in [0, 0.1) is 5.92 Å². The number of nitrogens with zero attached hydrogens (tertiary/aromatic N) is 5. The number of aliphatic carboxylic acids is 1. The van der Waals surface area contributed by atoms with Crippen molar-refractivity contribution >= 4 is 79.7 Å². The Hall–Kier alpha value is -2.75. The number of rotatable bonds is 7. The molecule has 16 heteroatoms. The number of β-lactam (4-membered cyclic amide) rings is 1. The molecule has 32 heavy (non-hydrogen) atoms. The van der Waals surface area contributed by atoms with Crippen LogP contribution in [0.15, 0.2) is 20.1 Å². The van der Waals surface area contributed by atoms with Crippen LogP contribution in [0.2, 0.25) is 4.34 Å². The molecule has 12 nitrogen and oxygen atoms in total. The lowest BCUT2D eigenvalue weighted by Gasteiger charge is -2.50. The minimum absolute atomic E-state index is 0.0601. The Bertz CT molecular complexity index is 1190. The predicted octanol–water partition coefficient (Wildman–Crippen LogP) is 1.66. The zero-order chi connectivity index (χ0) is 23.2. The number of carboxylic acid groups (broad SMARTS) is 1. The van der Waals surface area contributed by atoms with Gasteiger partial charge in [0, 0.05) is 17.4 Å². The lowest BCUT2D eigenvalue weighted by Crippen LogP contribution is -2.63. The van der Waals surface area contributed by atoms with Crippen molar-refractivity contribution in [3.63, 3.8) is 0 Å². The van der Waals surface area contributed by atoms with Gasteiger partial charge in [-0.15, -0.1) is 10.2 Å². The second-order valence-electron chi connectivity index (χ2n) is 6.76. The molecule has 0 unspecified atom stereocenters. The molecule has 2 aliphatic rings. The molecular formula is C16H14ClN7O5S3. The van der Waals surface area contributed by atoms with Gasteiger partial charge in [0.1, 0.15) is 15.7 Å². The number of nitrogens with two attached hydrogens (primary N) is 2. The quantitative estimate of drug-likeness (QED) is 0.181. The van der Waals surface area contributed by atoms with E-state index in [2.05, 4.69) is 20.3 Å². The summed E-state index contributed by atoms with van der Waals surface area (Å²) in [5.74, 6) is -3.16. The predicted molar refractivity (Wildman–Crippen MR) is 118 cm³/mol. The van der Waals surface area contributed by atoms with Gasteiger partial charge >= 0.3 is 5.97 Å². The third-order valence-electron chi connectivity index (χ3n) is 4.95. The van der Waals surface area contributed by atoms with Crippen LogP contribution in [-0.4, -0.2) is 59.8 Å². The standard InChI is InChI=1S/C16H14ClN7O5S3/c17-11-9(20-14(18)31-11)8(23-29)6(25)3-4-5-1-2-7(30-16-22-21-15(19)32-16)10(13(27)28)24(5)12(4)26/h4-5,29H,1-3H2,(H2,18,20)(H2,19,21)(H,27,28)/b23-8-/t4-,5+/m0/s1. The first-order valence-corrected chi connectivity index (χ1v) is 11.8. The highest BCUT2D eigenvalue weighted by Gasteiger charge is 2.53. The van der Waals surface area contributed by atoms with Crippen LogP contribution in [0.25, 0.3) is 0 Å². The number of nitrogen functional groups attached to an aromatic ring is 2. The molecule has 1 fully saturated rings. The maximum absolute atomic E-state index is 12.8. The average Bonchev–Trinajstić information content (AvgIpc) is 3.30. The molecule has 2 aliphatic heterocycles. The maximum Gasteiger partial charge on any atom is 0.353 e. The van der Waals surface area contributed by atoms with Crippen LogP contribution < -0.4 is 11.5 Å². The molecule has 0 radical (unpaired) electrons. The molecule has 0 spiro atoms. The van der Waals surface area contributed by atoms with Crippen LogP contribution >= 0.6 is 46.0 Å². The fourth-order valence-corrected chi connectivity index (χ4v) is 6.44. The van der Waals surface area contributed by atoms with Crippen molar-refractivity contribution < 1.29 is 24.7 Å². The molecule has 2 atom stereocenters. The van der Waals surface area contributed by atoms with E-state index in [0.717, 1.165) is 34.4 Å². The van der Waals surface area contributed by atoms with Gasteiger partial charge in [0.05, 0.1) is 5.92 Å². The number of Topliss-reactive ketones (excluding diaryl/α,β-unsaturated/α-hetero) is 1. The summed E-state index contributed by atoms with van der Waals surface area (Å²) in [6.45, 7) is 0. The third-order valence-corrected chi connectivity index (χ3v) is 7.98. The molecule has 1 saturated heterocycles. The van der Waals surface area contributed by atoms with E-state index in [1.807, 2.05) is 0 Å². The van der Waals surface area contributed by atoms with Gasteiger partial charge in [-0.25, -0.2) is 9.78 Å². The molecular weight excluding hydrogens is 502 g/mol. The number of carboxylic acids is 1. The summed E-state index contributed by atoms with van der Waals surface area (Å²) in [5, 5.41) is 30.0. The van der Waals surface area contributed by atoms with Crippen LogP contribution in [0.1, 0.15) is 25.0 Å². The van der Waals surface area contributed by atoms with Crippen molar-refractivity contribution in [1.82, 2.24) is 20.1 Å². The van der Waals surface area contributed by atoms with Gasteiger partial charge in [0.2, 0.25) is 11.0 Å². The van der Waals surface area contributed by atoms with Crippen molar-refractivity contribution in [1.29, 1.82) is 0 Å². The number of ketones is 1. The first-order chi connectivity index (χ1) is 15.2. The van der Waals surface area contributed by atoms with Gasteiger partial charge in [0.25, 0.3) is 0 Å². The number of allylic oxidation sites excluding steroid dienone is 1. The molecule has 0 aromatic carbocycles. The topological polar surface area (TPSA) is 198 Å². The van der Waals surface area contributed by atoms with Crippen LogP contribution in [0.4, 0.5) is 10.3 Å². The molecule has 0 aliphatic carbocycles. The van der Waals surface area contributed by atoms with Gasteiger partial charge in [-0.05, 0) is 12.8 Å². The number of halogens is 1. The van der Waals surface area contributed by atoms with Crippen molar-refractivity contribution in [2.75, 3.05) is 11.5 Å². The molecule has 2 aromatic rings. The summed E-state index contributed by atoms with van der Waals surface area (Å²) >= 11 is 9.13. The van der Waals surface area contributed by atoms with Crippen molar-refractivity contribution in [2.24, 2.45) is 11.1 Å². The van der Waals surface area contributed by atoms with Crippen molar-refractivity contribution in [3.8, 4) is 0 Å². The Morgan fingerprint density at radius 2 is 2.03 bits per heavy atom. The largest absolute Gasteiger partial charge is 0.477 e. The lowest BCUT2D eigenvalue weighted by atomic mass is 9.77. The minimum atomic E-state index is -1.25. The Labute approximate surface area is 196 Å². The fraction of sp³-hybridized carbons (Fsp3) is 0.312. The second-order valence-corrected chi connectivity index (χ2v) is 10.7. The summed E-state index contributed by atoms with van der Waals surface area (Å²) in [6, 6.07) is -0.475. The Balaban J connectivity index is 1.53. The van der Waals surface area contributed by atoms with Crippen LogP contribution in [0.3, 0.4) is 0 Å². The Kier molecular flexibility index (Phi) is 6.07. The third kappa shape index (κ3) is 3.92. The van der Waals surface area contributed by atoms with Crippen molar-refractivity contribution in [2.45, 2.75) is 29.6 Å². The van der Waals surface area contributed by atoms with E-state index in [0.29, 0.717) is 22.1 Å².